The van der Waals surface area contributed by atoms with Crippen LogP contribution >= 0.6 is 0 Å². The lowest BCUT2D eigenvalue weighted by Crippen LogP contribution is -2.33. The fourth-order valence-corrected chi connectivity index (χ4v) is 3.70. The lowest BCUT2D eigenvalue weighted by molar-refractivity contribution is 0.0692. The highest BCUT2D eigenvalue weighted by Crippen LogP contribution is 2.32. The molecule has 1 aliphatic rings. The monoisotopic (exact) mass is 283 g/mol. The van der Waals surface area contributed by atoms with Gasteiger partial charge in [0.15, 0.2) is 0 Å². The average Bonchev–Trinajstić information content (AvgIpc) is 3.19. The molecule has 1 N–H and O–H groups in total. The Balaban J connectivity index is 2.39. The van der Waals surface area contributed by atoms with E-state index in [9.17, 15) is 13.2 Å². The molecule has 0 unspecified atom stereocenters. The molecule has 0 aliphatic heterocycles. The lowest BCUT2D eigenvalue weighted by Gasteiger charge is -2.21. The predicted octanol–water partition coefficient (Wildman–Crippen LogP) is 1.81. The van der Waals surface area contributed by atoms with E-state index in [-0.39, 0.29) is 10.5 Å². The summed E-state index contributed by atoms with van der Waals surface area (Å²) in [5.74, 6) is -0.798. The highest BCUT2D eigenvalue weighted by Gasteiger charge is 2.32. The number of carboxylic acid groups (broad SMARTS) is 1. The summed E-state index contributed by atoms with van der Waals surface area (Å²) in [6, 6.07) is 5.75. The SMILES string of the molecule is CCN(CC1CC1)S(=O)(=O)c1ccccc1C(=O)O. The molecular formula is C13H17NO4S. The Hall–Kier alpha value is -1.40. The average molecular weight is 283 g/mol. The molecule has 104 valence electrons. The molecule has 0 bridgehead atoms. The Morgan fingerprint density at radius 1 is 1.37 bits per heavy atom. The second-order valence-corrected chi connectivity index (χ2v) is 6.61. The summed E-state index contributed by atoms with van der Waals surface area (Å²) in [5.41, 5.74) is -0.170. The normalized spacial score (nSPS) is 15.7. The van der Waals surface area contributed by atoms with Crippen LogP contribution in [0.3, 0.4) is 0 Å². The van der Waals surface area contributed by atoms with Crippen LogP contribution in [-0.2, 0) is 10.0 Å². The van der Waals surface area contributed by atoms with Gasteiger partial charge in [0.1, 0.15) is 0 Å². The van der Waals surface area contributed by atoms with Gasteiger partial charge in [-0.25, -0.2) is 13.2 Å². The molecular weight excluding hydrogens is 266 g/mol. The number of rotatable bonds is 6. The number of nitrogens with zero attached hydrogens (tertiary/aromatic N) is 1. The number of hydrogen-bond acceptors (Lipinski definition) is 3. The summed E-state index contributed by atoms with van der Waals surface area (Å²) in [6.45, 7) is 2.60. The van der Waals surface area contributed by atoms with Gasteiger partial charge in [-0.05, 0) is 30.9 Å². The van der Waals surface area contributed by atoms with Crippen LogP contribution in [0, 0.1) is 5.92 Å². The number of sulfonamides is 1. The minimum atomic E-state index is -3.73. The van der Waals surface area contributed by atoms with Crippen molar-refractivity contribution in [3.05, 3.63) is 29.8 Å². The number of carboxylic acids is 1. The summed E-state index contributed by atoms with van der Waals surface area (Å²) < 4.78 is 26.4. The van der Waals surface area contributed by atoms with Gasteiger partial charge in [0.25, 0.3) is 0 Å². The smallest absolute Gasteiger partial charge is 0.337 e. The van der Waals surface area contributed by atoms with Crippen molar-refractivity contribution >= 4 is 16.0 Å². The molecule has 2 rings (SSSR count). The molecule has 19 heavy (non-hydrogen) atoms. The van der Waals surface area contributed by atoms with E-state index in [0.29, 0.717) is 19.0 Å². The summed E-state index contributed by atoms with van der Waals surface area (Å²) in [7, 11) is -3.73. The fourth-order valence-electron chi connectivity index (χ4n) is 1.99. The maximum absolute atomic E-state index is 12.5. The number of aromatic carboxylic acids is 1. The second kappa shape index (κ2) is 5.30. The predicted molar refractivity (Wildman–Crippen MR) is 70.6 cm³/mol. The fraction of sp³-hybridized carbons (Fsp3) is 0.462. The first-order valence-electron chi connectivity index (χ1n) is 6.29. The van der Waals surface area contributed by atoms with E-state index in [1.807, 2.05) is 0 Å². The van der Waals surface area contributed by atoms with Crippen LogP contribution in [0.5, 0.6) is 0 Å². The quantitative estimate of drug-likeness (QED) is 0.864. The minimum absolute atomic E-state index is 0.120. The summed E-state index contributed by atoms with van der Waals surface area (Å²) in [4.78, 5) is 11.0. The van der Waals surface area contributed by atoms with Crippen molar-refractivity contribution < 1.29 is 18.3 Å². The van der Waals surface area contributed by atoms with E-state index in [2.05, 4.69) is 0 Å². The number of hydrogen-bond donors (Lipinski definition) is 1. The largest absolute Gasteiger partial charge is 0.478 e. The van der Waals surface area contributed by atoms with E-state index in [1.165, 1.54) is 22.5 Å². The minimum Gasteiger partial charge on any atom is -0.478 e. The Labute approximate surface area is 112 Å². The zero-order valence-electron chi connectivity index (χ0n) is 10.7. The third kappa shape index (κ3) is 2.96. The van der Waals surface area contributed by atoms with Gasteiger partial charge < -0.3 is 5.11 Å². The molecule has 1 fully saturated rings. The Bertz CT molecular complexity index is 578. The molecule has 0 aromatic heterocycles. The molecule has 0 amide bonds. The summed E-state index contributed by atoms with van der Waals surface area (Å²) in [6.07, 6.45) is 2.10. The van der Waals surface area contributed by atoms with E-state index in [4.69, 9.17) is 5.11 Å². The van der Waals surface area contributed by atoms with Gasteiger partial charge in [-0.15, -0.1) is 0 Å². The van der Waals surface area contributed by atoms with Crippen LogP contribution in [0.15, 0.2) is 29.2 Å². The van der Waals surface area contributed by atoms with Gasteiger partial charge in [-0.1, -0.05) is 19.1 Å². The molecule has 1 aromatic rings. The molecule has 6 heteroatoms. The molecule has 0 saturated heterocycles. The van der Waals surface area contributed by atoms with Gasteiger partial charge in [0.2, 0.25) is 10.0 Å². The third-order valence-corrected chi connectivity index (χ3v) is 5.25. The van der Waals surface area contributed by atoms with Crippen molar-refractivity contribution in [2.24, 2.45) is 5.92 Å². The highest BCUT2D eigenvalue weighted by atomic mass is 32.2. The first-order valence-corrected chi connectivity index (χ1v) is 7.73. The maximum atomic E-state index is 12.5. The molecule has 0 heterocycles. The van der Waals surface area contributed by atoms with E-state index in [1.54, 1.807) is 13.0 Å². The van der Waals surface area contributed by atoms with Gasteiger partial charge >= 0.3 is 5.97 Å². The Morgan fingerprint density at radius 3 is 2.53 bits per heavy atom. The Morgan fingerprint density at radius 2 is 2.00 bits per heavy atom. The zero-order chi connectivity index (χ0) is 14.0. The molecule has 5 nitrogen and oxygen atoms in total. The van der Waals surface area contributed by atoms with Crippen molar-refractivity contribution in [2.45, 2.75) is 24.7 Å². The number of benzene rings is 1. The van der Waals surface area contributed by atoms with Crippen LogP contribution in [0.1, 0.15) is 30.1 Å². The first-order chi connectivity index (χ1) is 8.96. The van der Waals surface area contributed by atoms with Crippen LogP contribution in [0.4, 0.5) is 0 Å². The molecule has 0 spiro atoms. The molecule has 0 atom stereocenters. The first kappa shape index (κ1) is 14.0. The summed E-state index contributed by atoms with van der Waals surface area (Å²) in [5, 5.41) is 9.09. The van der Waals surface area contributed by atoms with Crippen LogP contribution in [0.2, 0.25) is 0 Å². The van der Waals surface area contributed by atoms with Gasteiger partial charge in [-0.3, -0.25) is 0 Å². The molecule has 1 aromatic carbocycles. The maximum Gasteiger partial charge on any atom is 0.337 e. The molecule has 1 aliphatic carbocycles. The van der Waals surface area contributed by atoms with Crippen LogP contribution in [-0.4, -0.2) is 36.9 Å². The zero-order valence-corrected chi connectivity index (χ0v) is 11.6. The van der Waals surface area contributed by atoms with Crippen LogP contribution < -0.4 is 0 Å². The topological polar surface area (TPSA) is 74.7 Å². The molecule has 1 saturated carbocycles. The van der Waals surface area contributed by atoms with Crippen molar-refractivity contribution in [1.29, 1.82) is 0 Å². The van der Waals surface area contributed by atoms with E-state index < -0.39 is 16.0 Å². The summed E-state index contributed by atoms with van der Waals surface area (Å²) >= 11 is 0. The second-order valence-electron chi connectivity index (χ2n) is 4.70. The van der Waals surface area contributed by atoms with Crippen molar-refractivity contribution in [1.82, 2.24) is 4.31 Å². The van der Waals surface area contributed by atoms with Crippen molar-refractivity contribution in [2.75, 3.05) is 13.1 Å². The lowest BCUT2D eigenvalue weighted by atomic mass is 10.2. The van der Waals surface area contributed by atoms with E-state index in [0.717, 1.165) is 12.8 Å². The van der Waals surface area contributed by atoms with Crippen LogP contribution in [0.25, 0.3) is 0 Å². The highest BCUT2D eigenvalue weighted by molar-refractivity contribution is 7.89. The van der Waals surface area contributed by atoms with E-state index >= 15 is 0 Å². The van der Waals surface area contributed by atoms with Crippen molar-refractivity contribution in [3.63, 3.8) is 0 Å². The molecule has 0 radical (unpaired) electrons. The van der Waals surface area contributed by atoms with Gasteiger partial charge in [-0.2, -0.15) is 4.31 Å². The Kier molecular flexibility index (Phi) is 3.91. The standard InChI is InChI=1S/C13H17NO4S/c1-2-14(9-10-7-8-10)19(17,18)12-6-4-3-5-11(12)13(15)16/h3-6,10H,2,7-9H2,1H3,(H,15,16). The van der Waals surface area contributed by atoms with Crippen molar-refractivity contribution in [3.8, 4) is 0 Å². The van der Waals surface area contributed by atoms with Gasteiger partial charge in [0.05, 0.1) is 10.5 Å². The number of carbonyl (C=O) groups is 1. The third-order valence-electron chi connectivity index (χ3n) is 3.25. The van der Waals surface area contributed by atoms with Gasteiger partial charge in [0, 0.05) is 13.1 Å².